The summed E-state index contributed by atoms with van der Waals surface area (Å²) in [4.78, 5) is 28.1. The third-order valence-corrected chi connectivity index (χ3v) is 5.10. The van der Waals surface area contributed by atoms with Crippen molar-refractivity contribution in [1.29, 1.82) is 0 Å². The summed E-state index contributed by atoms with van der Waals surface area (Å²) in [6.07, 6.45) is -0.560. The Bertz CT molecular complexity index is 1080. The number of fused-ring (bicyclic) bond motifs is 5. The lowest BCUT2D eigenvalue weighted by molar-refractivity contribution is 0.0700. The second kappa shape index (κ2) is 5.86. The molecule has 3 aromatic carbocycles. The van der Waals surface area contributed by atoms with Gasteiger partial charge in [-0.1, -0.05) is 48.0 Å². The fourth-order valence-corrected chi connectivity index (χ4v) is 3.86. The standard InChI is InChI=1S/C21H14ClN3O2/c22-13-10-11-18-17(12-13)21(27)25(23-14-6-2-1-3-7-14)19-15-8-4-5-9-16(15)20(26)24(18)19/h1-12,19,23H. The fraction of sp³-hybridized carbons (Fsp3) is 0.0476. The Kier molecular flexibility index (Phi) is 3.45. The van der Waals surface area contributed by atoms with E-state index in [0.717, 1.165) is 11.3 Å². The number of amides is 2. The van der Waals surface area contributed by atoms with Crippen molar-refractivity contribution >= 4 is 34.8 Å². The molecule has 1 N–H and O–H groups in total. The van der Waals surface area contributed by atoms with Gasteiger partial charge in [-0.2, -0.15) is 0 Å². The molecule has 2 amide bonds. The molecule has 1 unspecified atom stereocenters. The molecule has 0 aliphatic carbocycles. The molecular weight excluding hydrogens is 362 g/mol. The molecule has 0 spiro atoms. The van der Waals surface area contributed by atoms with Crippen molar-refractivity contribution in [3.05, 3.63) is 94.5 Å². The number of hydrogen-bond donors (Lipinski definition) is 1. The van der Waals surface area contributed by atoms with Crippen LogP contribution in [0.25, 0.3) is 0 Å². The first-order valence-corrected chi connectivity index (χ1v) is 8.90. The number of hydrazine groups is 1. The Morgan fingerprint density at radius 3 is 2.37 bits per heavy atom. The zero-order valence-electron chi connectivity index (χ0n) is 14.1. The maximum absolute atomic E-state index is 13.3. The van der Waals surface area contributed by atoms with E-state index < -0.39 is 6.17 Å². The minimum Gasteiger partial charge on any atom is -0.293 e. The first-order chi connectivity index (χ1) is 13.1. The van der Waals surface area contributed by atoms with Crippen LogP contribution in [-0.4, -0.2) is 16.8 Å². The summed E-state index contributed by atoms with van der Waals surface area (Å²) >= 11 is 6.12. The largest absolute Gasteiger partial charge is 0.293 e. The summed E-state index contributed by atoms with van der Waals surface area (Å²) in [5, 5.41) is 1.95. The van der Waals surface area contributed by atoms with E-state index in [-0.39, 0.29) is 11.8 Å². The summed E-state index contributed by atoms with van der Waals surface area (Å²) in [7, 11) is 0. The minimum absolute atomic E-state index is 0.133. The van der Waals surface area contributed by atoms with Crippen LogP contribution >= 0.6 is 11.6 Å². The molecule has 132 valence electrons. The van der Waals surface area contributed by atoms with Gasteiger partial charge in [0, 0.05) is 16.1 Å². The number of carbonyl (C=O) groups is 2. The van der Waals surface area contributed by atoms with E-state index in [9.17, 15) is 9.59 Å². The van der Waals surface area contributed by atoms with Gasteiger partial charge in [0.15, 0.2) is 6.17 Å². The Hall–Kier alpha value is -3.31. The summed E-state index contributed by atoms with van der Waals surface area (Å²) < 4.78 is 0. The number of anilines is 2. The van der Waals surface area contributed by atoms with Crippen LogP contribution < -0.4 is 10.3 Å². The third-order valence-electron chi connectivity index (χ3n) is 4.87. The molecule has 0 radical (unpaired) electrons. The average molecular weight is 376 g/mol. The number of rotatable bonds is 2. The van der Waals surface area contributed by atoms with Crippen LogP contribution in [0.5, 0.6) is 0 Å². The van der Waals surface area contributed by atoms with Gasteiger partial charge in [-0.05, 0) is 36.4 Å². The van der Waals surface area contributed by atoms with Crippen molar-refractivity contribution < 1.29 is 9.59 Å². The van der Waals surface area contributed by atoms with Crippen molar-refractivity contribution in [1.82, 2.24) is 5.01 Å². The van der Waals surface area contributed by atoms with Gasteiger partial charge in [0.25, 0.3) is 11.8 Å². The van der Waals surface area contributed by atoms with Crippen LogP contribution in [0.1, 0.15) is 32.4 Å². The second-order valence-electron chi connectivity index (χ2n) is 6.45. The third kappa shape index (κ3) is 2.32. The number of benzene rings is 3. The lowest BCUT2D eigenvalue weighted by Crippen LogP contribution is -2.50. The molecule has 0 fully saturated rings. The van der Waals surface area contributed by atoms with Gasteiger partial charge in [-0.15, -0.1) is 0 Å². The summed E-state index contributed by atoms with van der Waals surface area (Å²) in [6.45, 7) is 0. The molecule has 2 aliphatic rings. The number of nitrogens with one attached hydrogen (secondary N) is 1. The lowest BCUT2D eigenvalue weighted by Gasteiger charge is -2.41. The zero-order valence-corrected chi connectivity index (χ0v) is 14.9. The van der Waals surface area contributed by atoms with Gasteiger partial charge in [0.1, 0.15) is 0 Å². The van der Waals surface area contributed by atoms with Crippen LogP contribution in [0.3, 0.4) is 0 Å². The Labute approximate surface area is 160 Å². The highest BCUT2D eigenvalue weighted by atomic mass is 35.5. The number of nitrogens with zero attached hydrogens (tertiary/aromatic N) is 2. The fourth-order valence-electron chi connectivity index (χ4n) is 3.69. The number of halogens is 1. The predicted octanol–water partition coefficient (Wildman–Crippen LogP) is 4.48. The zero-order chi connectivity index (χ0) is 18.5. The number of hydrogen-bond acceptors (Lipinski definition) is 3. The highest BCUT2D eigenvalue weighted by Gasteiger charge is 2.48. The van der Waals surface area contributed by atoms with Crippen LogP contribution in [0.4, 0.5) is 11.4 Å². The molecular formula is C21H14ClN3O2. The van der Waals surface area contributed by atoms with Crippen molar-refractivity contribution in [2.75, 3.05) is 10.3 Å². The Morgan fingerprint density at radius 1 is 0.815 bits per heavy atom. The molecule has 0 saturated heterocycles. The van der Waals surface area contributed by atoms with Gasteiger partial charge in [0.05, 0.1) is 16.9 Å². The van der Waals surface area contributed by atoms with Crippen molar-refractivity contribution in [3.8, 4) is 0 Å². The van der Waals surface area contributed by atoms with Crippen LogP contribution in [0.2, 0.25) is 5.02 Å². The summed E-state index contributed by atoms with van der Waals surface area (Å²) in [5.74, 6) is -0.367. The van der Waals surface area contributed by atoms with E-state index in [1.165, 1.54) is 5.01 Å². The van der Waals surface area contributed by atoms with E-state index in [0.29, 0.717) is 21.8 Å². The molecule has 2 heterocycles. The molecule has 5 nitrogen and oxygen atoms in total. The van der Waals surface area contributed by atoms with Crippen molar-refractivity contribution in [3.63, 3.8) is 0 Å². The molecule has 1 atom stereocenters. The first kappa shape index (κ1) is 15.9. The number of carbonyl (C=O) groups excluding carboxylic acids is 2. The normalized spacial score (nSPS) is 17.4. The Balaban J connectivity index is 1.71. The highest BCUT2D eigenvalue weighted by Crippen LogP contribution is 2.45. The molecule has 0 aromatic heterocycles. The number of para-hydroxylation sites is 1. The van der Waals surface area contributed by atoms with Gasteiger partial charge in [0.2, 0.25) is 0 Å². The Morgan fingerprint density at radius 2 is 1.56 bits per heavy atom. The smallest absolute Gasteiger partial charge is 0.276 e. The maximum atomic E-state index is 13.3. The summed E-state index contributed by atoms with van der Waals surface area (Å²) in [6, 6.07) is 21.8. The topological polar surface area (TPSA) is 52.7 Å². The van der Waals surface area contributed by atoms with E-state index in [1.54, 1.807) is 29.2 Å². The van der Waals surface area contributed by atoms with Crippen molar-refractivity contribution in [2.45, 2.75) is 6.17 Å². The highest BCUT2D eigenvalue weighted by molar-refractivity contribution is 6.31. The molecule has 3 aromatic rings. The maximum Gasteiger partial charge on any atom is 0.276 e. The molecule has 0 bridgehead atoms. The molecule has 0 saturated carbocycles. The second-order valence-corrected chi connectivity index (χ2v) is 6.89. The van der Waals surface area contributed by atoms with Crippen LogP contribution in [0, 0.1) is 0 Å². The lowest BCUT2D eigenvalue weighted by atomic mass is 10.0. The monoisotopic (exact) mass is 375 g/mol. The SMILES string of the molecule is O=C1c2cc(Cl)ccc2N2C(=O)c3ccccc3C2N1Nc1ccccc1. The quantitative estimate of drug-likeness (QED) is 0.718. The molecule has 6 heteroatoms. The molecule has 5 rings (SSSR count). The molecule has 27 heavy (non-hydrogen) atoms. The predicted molar refractivity (Wildman–Crippen MR) is 104 cm³/mol. The van der Waals surface area contributed by atoms with E-state index in [2.05, 4.69) is 5.43 Å². The molecule has 2 aliphatic heterocycles. The van der Waals surface area contributed by atoms with Gasteiger partial charge in [-0.25, -0.2) is 5.01 Å². The van der Waals surface area contributed by atoms with Crippen LogP contribution in [0.15, 0.2) is 72.8 Å². The van der Waals surface area contributed by atoms with Crippen LogP contribution in [-0.2, 0) is 0 Å². The van der Waals surface area contributed by atoms with E-state index in [1.807, 2.05) is 48.5 Å². The van der Waals surface area contributed by atoms with Crippen molar-refractivity contribution in [2.24, 2.45) is 0 Å². The van der Waals surface area contributed by atoms with Gasteiger partial charge in [-0.3, -0.25) is 19.9 Å². The van der Waals surface area contributed by atoms with Gasteiger partial charge >= 0.3 is 0 Å². The minimum atomic E-state index is -0.560. The van der Waals surface area contributed by atoms with E-state index >= 15 is 0 Å². The first-order valence-electron chi connectivity index (χ1n) is 8.52. The van der Waals surface area contributed by atoms with Gasteiger partial charge < -0.3 is 0 Å². The van der Waals surface area contributed by atoms with E-state index in [4.69, 9.17) is 11.6 Å². The average Bonchev–Trinajstić information content (AvgIpc) is 2.99. The summed E-state index contributed by atoms with van der Waals surface area (Å²) in [5.41, 5.74) is 6.28.